The van der Waals surface area contributed by atoms with Crippen molar-refractivity contribution in [2.45, 2.75) is 0 Å². The van der Waals surface area contributed by atoms with Crippen molar-refractivity contribution in [2.24, 2.45) is 0 Å². The molecule has 0 fully saturated rings. The van der Waals surface area contributed by atoms with Gasteiger partial charge in [-0.25, -0.2) is 0 Å². The van der Waals surface area contributed by atoms with Gasteiger partial charge in [0.1, 0.15) is 22.3 Å². The lowest BCUT2D eigenvalue weighted by atomic mass is 10.0. The van der Waals surface area contributed by atoms with E-state index in [0.29, 0.717) is 0 Å². The molecule has 0 saturated heterocycles. The van der Waals surface area contributed by atoms with E-state index in [1.165, 1.54) is 0 Å². The second-order valence-corrected chi connectivity index (χ2v) is 11.7. The third-order valence-electron chi connectivity index (χ3n) is 9.09. The van der Waals surface area contributed by atoms with E-state index in [9.17, 15) is 0 Å². The predicted molar refractivity (Wildman–Crippen MR) is 188 cm³/mol. The van der Waals surface area contributed by atoms with Crippen molar-refractivity contribution < 1.29 is 13.3 Å². The van der Waals surface area contributed by atoms with E-state index in [4.69, 9.17) is 13.3 Å². The molecule has 10 aromatic rings. The van der Waals surface area contributed by atoms with E-state index in [1.54, 1.807) is 0 Å². The minimum absolute atomic E-state index is 0.830. The zero-order valence-electron chi connectivity index (χ0n) is 24.6. The number of rotatable bonds is 4. The maximum absolute atomic E-state index is 6.55. The van der Waals surface area contributed by atoms with Gasteiger partial charge in [-0.15, -0.1) is 0 Å². The van der Waals surface area contributed by atoms with Gasteiger partial charge in [0.2, 0.25) is 0 Å². The van der Waals surface area contributed by atoms with Crippen LogP contribution in [0.4, 0.5) is 17.1 Å². The van der Waals surface area contributed by atoms with E-state index < -0.39 is 0 Å². The molecule has 3 aromatic heterocycles. The van der Waals surface area contributed by atoms with Crippen LogP contribution in [0.5, 0.6) is 0 Å². The van der Waals surface area contributed by atoms with Gasteiger partial charge in [-0.05, 0) is 65.7 Å². The van der Waals surface area contributed by atoms with E-state index >= 15 is 0 Å². The molecule has 0 N–H and O–H groups in total. The summed E-state index contributed by atoms with van der Waals surface area (Å²) in [6.45, 7) is 0. The molecular weight excluding hydrogens is 566 g/mol. The molecule has 0 bridgehead atoms. The summed E-state index contributed by atoms with van der Waals surface area (Å²) < 4.78 is 19.3. The Kier molecular flexibility index (Phi) is 5.25. The summed E-state index contributed by atoms with van der Waals surface area (Å²) >= 11 is 0. The van der Waals surface area contributed by atoms with Gasteiger partial charge in [-0.2, -0.15) is 0 Å². The molecule has 216 valence electrons. The molecule has 10 rings (SSSR count). The first kappa shape index (κ1) is 25.1. The van der Waals surface area contributed by atoms with E-state index in [1.807, 2.05) is 42.5 Å². The monoisotopic (exact) mass is 591 g/mol. The Morgan fingerprint density at radius 2 is 0.783 bits per heavy atom. The van der Waals surface area contributed by atoms with Gasteiger partial charge in [0.25, 0.3) is 0 Å². The molecule has 0 amide bonds. The molecule has 0 aliphatic rings. The van der Waals surface area contributed by atoms with Gasteiger partial charge < -0.3 is 18.2 Å². The smallest absolute Gasteiger partial charge is 0.159 e. The first-order valence-corrected chi connectivity index (χ1v) is 15.4. The summed E-state index contributed by atoms with van der Waals surface area (Å²) in [5.74, 6) is 0. The van der Waals surface area contributed by atoms with Crippen LogP contribution in [0.25, 0.3) is 76.9 Å². The molecule has 0 atom stereocenters. The average Bonchev–Trinajstić information content (AvgIpc) is 3.80. The zero-order valence-corrected chi connectivity index (χ0v) is 24.6. The number of anilines is 3. The quantitative estimate of drug-likeness (QED) is 0.204. The van der Waals surface area contributed by atoms with Gasteiger partial charge >= 0.3 is 0 Å². The maximum atomic E-state index is 6.55. The highest BCUT2D eigenvalue weighted by atomic mass is 16.3. The predicted octanol–water partition coefficient (Wildman–Crippen LogP) is 12.5. The SMILES string of the molecule is c1ccc2c(c1)oc1cc(-c3ccc(N(c4cccc5c4oc4ccccc45)c4cccc5c4oc4ccccc45)cc3)ccc12. The number of benzene rings is 7. The Bertz CT molecular complexity index is 2650. The number of fused-ring (bicyclic) bond motifs is 9. The van der Waals surface area contributed by atoms with Crippen LogP contribution < -0.4 is 4.90 Å². The van der Waals surface area contributed by atoms with E-state index in [2.05, 4.69) is 114 Å². The van der Waals surface area contributed by atoms with Gasteiger partial charge in [0.15, 0.2) is 11.2 Å². The van der Waals surface area contributed by atoms with Crippen molar-refractivity contribution in [3.8, 4) is 11.1 Å². The van der Waals surface area contributed by atoms with Crippen molar-refractivity contribution in [3.63, 3.8) is 0 Å². The van der Waals surface area contributed by atoms with Crippen molar-refractivity contribution in [2.75, 3.05) is 4.90 Å². The maximum Gasteiger partial charge on any atom is 0.159 e. The first-order valence-electron chi connectivity index (χ1n) is 15.4. The lowest BCUT2D eigenvalue weighted by Gasteiger charge is -2.25. The first-order chi connectivity index (χ1) is 22.8. The Labute approximate surface area is 263 Å². The fourth-order valence-electron chi connectivity index (χ4n) is 6.93. The van der Waals surface area contributed by atoms with Crippen LogP contribution in [0.15, 0.2) is 165 Å². The molecule has 4 nitrogen and oxygen atoms in total. The Morgan fingerprint density at radius 3 is 1.37 bits per heavy atom. The lowest BCUT2D eigenvalue weighted by molar-refractivity contribution is 0.666. The third kappa shape index (κ3) is 3.67. The number of hydrogen-bond acceptors (Lipinski definition) is 4. The summed E-state index contributed by atoms with van der Waals surface area (Å²) in [5, 5.41) is 6.60. The van der Waals surface area contributed by atoms with Crippen LogP contribution in [0, 0.1) is 0 Å². The largest absolute Gasteiger partial charge is 0.456 e. The molecule has 46 heavy (non-hydrogen) atoms. The van der Waals surface area contributed by atoms with Gasteiger partial charge in [-0.3, -0.25) is 0 Å². The van der Waals surface area contributed by atoms with Crippen LogP contribution in [-0.4, -0.2) is 0 Å². The molecule has 0 saturated carbocycles. The second kappa shape index (κ2) is 9.62. The summed E-state index contributed by atoms with van der Waals surface area (Å²) in [5.41, 5.74) is 10.3. The Balaban J connectivity index is 1.17. The van der Waals surface area contributed by atoms with Crippen molar-refractivity contribution in [1.82, 2.24) is 0 Å². The Morgan fingerprint density at radius 1 is 0.326 bits per heavy atom. The number of furan rings is 3. The summed E-state index contributed by atoms with van der Waals surface area (Å²) in [4.78, 5) is 2.25. The van der Waals surface area contributed by atoms with E-state index in [-0.39, 0.29) is 0 Å². The normalized spacial score (nSPS) is 11.9. The molecule has 0 spiro atoms. The molecule has 3 heterocycles. The van der Waals surface area contributed by atoms with Gasteiger partial charge in [0, 0.05) is 38.0 Å². The molecule has 4 heteroatoms. The van der Waals surface area contributed by atoms with Crippen molar-refractivity contribution in [3.05, 3.63) is 152 Å². The lowest BCUT2D eigenvalue weighted by Crippen LogP contribution is -2.10. The summed E-state index contributed by atoms with van der Waals surface area (Å²) in [6, 6.07) is 52.4. The fraction of sp³-hybridized carbons (Fsp3) is 0. The van der Waals surface area contributed by atoms with Crippen LogP contribution >= 0.6 is 0 Å². The van der Waals surface area contributed by atoms with Crippen LogP contribution in [-0.2, 0) is 0 Å². The number of nitrogens with zero attached hydrogens (tertiary/aromatic N) is 1. The number of hydrogen-bond donors (Lipinski definition) is 0. The second-order valence-electron chi connectivity index (χ2n) is 11.7. The van der Waals surface area contributed by atoms with E-state index in [0.717, 1.165) is 94.0 Å². The molecule has 0 radical (unpaired) electrons. The molecule has 0 aliphatic heterocycles. The van der Waals surface area contributed by atoms with Crippen LogP contribution in [0.1, 0.15) is 0 Å². The fourth-order valence-corrected chi connectivity index (χ4v) is 6.93. The average molecular weight is 592 g/mol. The number of para-hydroxylation sites is 5. The molecule has 0 aliphatic carbocycles. The van der Waals surface area contributed by atoms with Gasteiger partial charge in [0.05, 0.1) is 11.4 Å². The topological polar surface area (TPSA) is 42.7 Å². The summed E-state index contributed by atoms with van der Waals surface area (Å²) in [7, 11) is 0. The highest BCUT2D eigenvalue weighted by molar-refractivity contribution is 6.14. The molecular formula is C42H25NO3. The minimum atomic E-state index is 0.830. The molecule has 7 aromatic carbocycles. The van der Waals surface area contributed by atoms with Crippen LogP contribution in [0.3, 0.4) is 0 Å². The standard InChI is InChI=1S/C42H25NO3/c1-4-16-37-29(9-1)32-24-21-27(25-40(32)44-37)26-19-22-28(23-20-26)43(35-14-7-12-33-30-10-2-5-17-38(30)45-41(33)35)36-15-8-13-34-31-11-3-6-18-39(31)46-42(34)36/h1-25H. The Hall–Kier alpha value is -6.26. The highest BCUT2D eigenvalue weighted by Gasteiger charge is 2.23. The van der Waals surface area contributed by atoms with Gasteiger partial charge in [-0.1, -0.05) is 97.1 Å². The third-order valence-corrected chi connectivity index (χ3v) is 9.09. The van der Waals surface area contributed by atoms with Crippen molar-refractivity contribution in [1.29, 1.82) is 0 Å². The molecule has 0 unspecified atom stereocenters. The highest BCUT2D eigenvalue weighted by Crippen LogP contribution is 2.46. The minimum Gasteiger partial charge on any atom is -0.456 e. The van der Waals surface area contributed by atoms with Crippen molar-refractivity contribution >= 4 is 82.9 Å². The summed E-state index contributed by atoms with van der Waals surface area (Å²) in [6.07, 6.45) is 0. The zero-order chi connectivity index (χ0) is 30.2. The van der Waals surface area contributed by atoms with Crippen LogP contribution in [0.2, 0.25) is 0 Å².